The van der Waals surface area contributed by atoms with E-state index in [1.807, 2.05) is 72.2 Å². The van der Waals surface area contributed by atoms with Gasteiger partial charge in [0.15, 0.2) is 0 Å². The standard InChI is InChI=1S/C23H17NS.C19H20N2/c1-15-7-5-6-14-24(2)19-12-10-17-16(22(15)19)11-13-21-23(17)18-8-3-4-9-20(18)25-21;1-2-3-9-16(17-10-4-5-11-17)12-8-15-21-19-14-7-6-13-18(19)20/h3-14H,1H2,2H3;2-10,12-16,18-19H,1,20H2/b7-5-,14-6-;9-3-,12-8?,21-15?. The molecule has 3 unspecified atom stereocenters. The normalized spacial score (nSPS) is 20.8. The zero-order chi connectivity index (χ0) is 31.9. The van der Waals surface area contributed by atoms with Gasteiger partial charge in [-0.05, 0) is 58.8 Å². The van der Waals surface area contributed by atoms with E-state index in [9.17, 15) is 0 Å². The van der Waals surface area contributed by atoms with E-state index in [4.69, 9.17) is 5.73 Å². The van der Waals surface area contributed by atoms with Gasteiger partial charge in [-0.25, -0.2) is 0 Å². The maximum absolute atomic E-state index is 5.96. The summed E-state index contributed by atoms with van der Waals surface area (Å²) in [6.07, 6.45) is 33.8. The summed E-state index contributed by atoms with van der Waals surface area (Å²) in [5.74, 6) is 0.180. The third-order valence-electron chi connectivity index (χ3n) is 8.18. The summed E-state index contributed by atoms with van der Waals surface area (Å²) < 4.78 is 2.68. The Kier molecular flexibility index (Phi) is 9.52. The van der Waals surface area contributed by atoms with Gasteiger partial charge < -0.3 is 10.6 Å². The zero-order valence-electron chi connectivity index (χ0n) is 26.0. The smallest absolute Gasteiger partial charge is 0.0869 e. The van der Waals surface area contributed by atoms with Crippen LogP contribution in [0, 0.1) is 5.92 Å². The zero-order valence-corrected chi connectivity index (χ0v) is 26.8. The fourth-order valence-corrected chi connectivity index (χ4v) is 6.99. The van der Waals surface area contributed by atoms with E-state index in [0.717, 1.165) is 11.1 Å². The van der Waals surface area contributed by atoms with Gasteiger partial charge in [0.05, 0.1) is 6.04 Å². The highest BCUT2D eigenvalue weighted by molar-refractivity contribution is 7.26. The number of nitrogens with two attached hydrogens (primary N) is 1. The molecule has 3 aromatic carbocycles. The molecule has 3 aliphatic rings. The number of aliphatic imine (C=N–C) groups is 1. The molecule has 2 heterocycles. The summed E-state index contributed by atoms with van der Waals surface area (Å²) in [4.78, 5) is 6.63. The molecule has 2 aliphatic carbocycles. The Balaban J connectivity index is 0.000000165. The van der Waals surface area contributed by atoms with Crippen molar-refractivity contribution in [2.75, 3.05) is 11.9 Å². The third kappa shape index (κ3) is 6.56. The molecule has 0 radical (unpaired) electrons. The lowest BCUT2D eigenvalue weighted by molar-refractivity contribution is 0.704. The summed E-state index contributed by atoms with van der Waals surface area (Å²) in [6.45, 7) is 8.03. The number of allylic oxidation sites excluding steroid dienone is 14. The molecule has 7 rings (SSSR count). The topological polar surface area (TPSA) is 41.6 Å². The molecule has 1 aliphatic heterocycles. The molecule has 3 atom stereocenters. The van der Waals surface area contributed by atoms with Crippen LogP contribution in [-0.2, 0) is 0 Å². The summed E-state index contributed by atoms with van der Waals surface area (Å²) in [5, 5.41) is 5.28. The van der Waals surface area contributed by atoms with E-state index in [1.54, 1.807) is 6.08 Å². The van der Waals surface area contributed by atoms with Crippen LogP contribution in [0.15, 0.2) is 175 Å². The second kappa shape index (κ2) is 14.2. The molecule has 1 aromatic heterocycles. The molecule has 4 aromatic rings. The van der Waals surface area contributed by atoms with Crippen molar-refractivity contribution < 1.29 is 0 Å². The summed E-state index contributed by atoms with van der Waals surface area (Å²) >= 11 is 1.86. The largest absolute Gasteiger partial charge is 0.351 e. The SMILES string of the molecule is C=C/C=C\C(C=CC=NC1C=CC=CC1N)C1=C=CC=C1.C=C1/C=C\C=C/N(C)c2ccc3c(ccc4sc5ccccc5c43)c21. The van der Waals surface area contributed by atoms with E-state index >= 15 is 0 Å². The van der Waals surface area contributed by atoms with Crippen molar-refractivity contribution in [1.29, 1.82) is 0 Å². The first-order valence-electron chi connectivity index (χ1n) is 15.4. The quantitative estimate of drug-likeness (QED) is 0.133. The minimum absolute atomic E-state index is 0.0207. The van der Waals surface area contributed by atoms with Crippen LogP contribution in [0.1, 0.15) is 5.56 Å². The van der Waals surface area contributed by atoms with Crippen LogP contribution in [0.5, 0.6) is 0 Å². The number of hydrogen-bond acceptors (Lipinski definition) is 4. The highest BCUT2D eigenvalue weighted by Crippen LogP contribution is 2.42. The molecule has 0 fully saturated rings. The Labute approximate surface area is 275 Å². The van der Waals surface area contributed by atoms with E-state index in [-0.39, 0.29) is 18.0 Å². The first-order valence-corrected chi connectivity index (χ1v) is 16.2. The van der Waals surface area contributed by atoms with Crippen molar-refractivity contribution >= 4 is 59.8 Å². The molecule has 46 heavy (non-hydrogen) atoms. The molecule has 3 nitrogen and oxygen atoms in total. The van der Waals surface area contributed by atoms with E-state index in [1.165, 1.54) is 42.2 Å². The van der Waals surface area contributed by atoms with E-state index in [2.05, 4.69) is 121 Å². The number of benzene rings is 3. The van der Waals surface area contributed by atoms with Gasteiger partial charge in [0.25, 0.3) is 0 Å². The maximum atomic E-state index is 5.96. The van der Waals surface area contributed by atoms with E-state index in [0.29, 0.717) is 0 Å². The van der Waals surface area contributed by atoms with Crippen LogP contribution >= 0.6 is 11.3 Å². The monoisotopic (exact) mass is 615 g/mol. The highest BCUT2D eigenvalue weighted by Gasteiger charge is 2.16. The molecular weight excluding hydrogens is 579 g/mol. The maximum Gasteiger partial charge on any atom is 0.0869 e. The van der Waals surface area contributed by atoms with Gasteiger partial charge >= 0.3 is 0 Å². The highest BCUT2D eigenvalue weighted by atomic mass is 32.1. The lowest BCUT2D eigenvalue weighted by atomic mass is 9.93. The fraction of sp³-hybridized carbons (Fsp3) is 0.0952. The van der Waals surface area contributed by atoms with Crippen LogP contribution in [0.4, 0.5) is 5.69 Å². The number of anilines is 1. The van der Waals surface area contributed by atoms with Crippen molar-refractivity contribution in [2.24, 2.45) is 16.6 Å². The fourth-order valence-electron chi connectivity index (χ4n) is 5.86. The van der Waals surface area contributed by atoms with Crippen LogP contribution < -0.4 is 10.6 Å². The first kappa shape index (κ1) is 30.8. The summed E-state index contributed by atoms with van der Waals surface area (Å²) in [6, 6.07) is 17.7. The molecule has 4 heteroatoms. The van der Waals surface area contributed by atoms with Crippen LogP contribution in [0.2, 0.25) is 0 Å². The van der Waals surface area contributed by atoms with Gasteiger partial charge in [-0.1, -0.05) is 110 Å². The van der Waals surface area contributed by atoms with Crippen LogP contribution in [-0.4, -0.2) is 25.3 Å². The molecule has 0 saturated heterocycles. The van der Waals surface area contributed by atoms with Gasteiger partial charge in [0, 0.05) is 68.4 Å². The summed E-state index contributed by atoms with van der Waals surface area (Å²) in [7, 11) is 2.09. The molecule has 0 bridgehead atoms. The first-order chi connectivity index (χ1) is 22.5. The minimum atomic E-state index is -0.0421. The molecular formula is C42H37N3S. The second-order valence-electron chi connectivity index (χ2n) is 11.2. The van der Waals surface area contributed by atoms with Crippen molar-refractivity contribution in [3.63, 3.8) is 0 Å². The van der Waals surface area contributed by atoms with E-state index < -0.39 is 0 Å². The lowest BCUT2D eigenvalue weighted by Gasteiger charge is -2.22. The van der Waals surface area contributed by atoms with Gasteiger partial charge in [0.1, 0.15) is 0 Å². The van der Waals surface area contributed by atoms with Gasteiger partial charge in [-0.2, -0.15) is 0 Å². The van der Waals surface area contributed by atoms with Crippen LogP contribution in [0.3, 0.4) is 0 Å². The molecule has 226 valence electrons. The molecule has 2 N–H and O–H groups in total. The molecule has 0 spiro atoms. The number of thiophene rings is 1. The Bertz CT molecular complexity index is 2120. The molecule has 0 saturated carbocycles. The minimum Gasteiger partial charge on any atom is -0.351 e. The number of nitrogens with zero attached hydrogens (tertiary/aromatic N) is 2. The predicted octanol–water partition coefficient (Wildman–Crippen LogP) is 10.2. The average molecular weight is 616 g/mol. The van der Waals surface area contributed by atoms with Crippen molar-refractivity contribution in [3.8, 4) is 0 Å². The number of rotatable bonds is 6. The number of fused-ring (bicyclic) bond motifs is 7. The second-order valence-corrected chi connectivity index (χ2v) is 12.3. The third-order valence-corrected chi connectivity index (χ3v) is 9.32. The molecule has 0 amide bonds. The van der Waals surface area contributed by atoms with Crippen molar-refractivity contribution in [3.05, 3.63) is 176 Å². The van der Waals surface area contributed by atoms with Gasteiger partial charge in [0.2, 0.25) is 0 Å². The lowest BCUT2D eigenvalue weighted by Crippen LogP contribution is -2.31. The predicted molar refractivity (Wildman–Crippen MR) is 204 cm³/mol. The van der Waals surface area contributed by atoms with Gasteiger partial charge in [-0.3, -0.25) is 4.99 Å². The summed E-state index contributed by atoms with van der Waals surface area (Å²) in [5.41, 5.74) is 13.8. The van der Waals surface area contributed by atoms with Crippen molar-refractivity contribution in [2.45, 2.75) is 12.1 Å². The van der Waals surface area contributed by atoms with Crippen LogP contribution in [0.25, 0.3) is 36.5 Å². The van der Waals surface area contributed by atoms with Crippen molar-refractivity contribution in [1.82, 2.24) is 0 Å². The van der Waals surface area contributed by atoms with Gasteiger partial charge in [-0.15, -0.1) is 17.1 Å². The Morgan fingerprint density at radius 1 is 0.891 bits per heavy atom. The Morgan fingerprint density at radius 2 is 1.72 bits per heavy atom. The Morgan fingerprint density at radius 3 is 2.54 bits per heavy atom. The average Bonchev–Trinajstić information content (AvgIpc) is 3.75. The number of hydrogen-bond donors (Lipinski definition) is 1. The Hall–Kier alpha value is -5.25.